The fraction of sp³-hybridized carbons (Fsp3) is 0.342. The summed E-state index contributed by atoms with van der Waals surface area (Å²) in [7, 11) is 0. The first kappa shape index (κ1) is 29.8. The van der Waals surface area contributed by atoms with Crippen LogP contribution in [0.25, 0.3) is 33.5 Å². The number of anilines is 1. The Labute approximate surface area is 274 Å². The molecule has 9 nitrogen and oxygen atoms in total. The number of aliphatic hydroxyl groups is 1. The fourth-order valence-electron chi connectivity index (χ4n) is 7.07. The van der Waals surface area contributed by atoms with Crippen LogP contribution in [-0.4, -0.2) is 81.6 Å². The second-order valence-corrected chi connectivity index (χ2v) is 12.9. The predicted molar refractivity (Wildman–Crippen MR) is 184 cm³/mol. The van der Waals surface area contributed by atoms with E-state index in [4.69, 9.17) is 9.72 Å². The third-order valence-corrected chi connectivity index (χ3v) is 9.94. The molecule has 3 aliphatic rings. The molecule has 9 heteroatoms. The van der Waals surface area contributed by atoms with Crippen LogP contribution < -0.4 is 9.64 Å². The number of rotatable bonds is 8. The van der Waals surface area contributed by atoms with Crippen molar-refractivity contribution in [1.29, 1.82) is 0 Å². The first-order valence-corrected chi connectivity index (χ1v) is 16.8. The zero-order valence-electron chi connectivity index (χ0n) is 26.8. The maximum absolute atomic E-state index is 13.9. The van der Waals surface area contributed by atoms with E-state index in [0.717, 1.165) is 72.8 Å². The van der Waals surface area contributed by atoms with Gasteiger partial charge in [-0.3, -0.25) is 14.7 Å². The number of nitrogens with one attached hydrogen (secondary N) is 1. The van der Waals surface area contributed by atoms with Gasteiger partial charge in [-0.15, -0.1) is 0 Å². The number of aromatic nitrogens is 3. The quantitative estimate of drug-likeness (QED) is 0.223. The number of ether oxygens (including phenoxy) is 1. The molecule has 5 aromatic rings. The number of carbonyl (C=O) groups is 1. The molecule has 5 heterocycles. The summed E-state index contributed by atoms with van der Waals surface area (Å²) in [6, 6.07) is 20.1. The van der Waals surface area contributed by atoms with E-state index in [0.29, 0.717) is 41.6 Å². The highest BCUT2D eigenvalue weighted by Crippen LogP contribution is 2.43. The monoisotopic (exact) mass is 628 g/mol. The van der Waals surface area contributed by atoms with E-state index in [1.807, 2.05) is 42.6 Å². The molecule has 0 spiro atoms. The van der Waals surface area contributed by atoms with Crippen molar-refractivity contribution in [3.8, 4) is 28.3 Å². The average Bonchev–Trinajstić information content (AvgIpc) is 3.90. The molecule has 1 saturated heterocycles. The third-order valence-electron chi connectivity index (χ3n) is 9.94. The Morgan fingerprint density at radius 3 is 2.53 bits per heavy atom. The first-order chi connectivity index (χ1) is 23.1. The van der Waals surface area contributed by atoms with E-state index in [1.165, 1.54) is 24.0 Å². The Morgan fingerprint density at radius 2 is 1.77 bits per heavy atom. The lowest BCUT2D eigenvalue weighted by atomic mass is 9.96. The summed E-state index contributed by atoms with van der Waals surface area (Å²) in [5, 5.41) is 11.7. The second-order valence-electron chi connectivity index (χ2n) is 12.9. The van der Waals surface area contributed by atoms with Gasteiger partial charge in [0.15, 0.2) is 0 Å². The van der Waals surface area contributed by atoms with Crippen LogP contribution in [0.15, 0.2) is 73.1 Å². The van der Waals surface area contributed by atoms with Gasteiger partial charge in [0.1, 0.15) is 18.0 Å². The van der Waals surface area contributed by atoms with Gasteiger partial charge in [0.2, 0.25) is 0 Å². The number of aromatic amines is 1. The van der Waals surface area contributed by atoms with E-state index in [2.05, 4.69) is 51.0 Å². The summed E-state index contributed by atoms with van der Waals surface area (Å²) < 4.78 is 6.09. The highest BCUT2D eigenvalue weighted by molar-refractivity contribution is 6.09. The van der Waals surface area contributed by atoms with Gasteiger partial charge < -0.3 is 24.6 Å². The molecule has 2 fully saturated rings. The number of hydrogen-bond acceptors (Lipinski definition) is 7. The number of piperazine rings is 1. The molecule has 2 aromatic carbocycles. The van der Waals surface area contributed by atoms with Crippen molar-refractivity contribution in [2.24, 2.45) is 0 Å². The number of fused-ring (bicyclic) bond motifs is 2. The van der Waals surface area contributed by atoms with Crippen LogP contribution in [0.4, 0.5) is 5.69 Å². The number of H-pyrrole nitrogens is 1. The Bertz CT molecular complexity index is 1920. The molecule has 0 atom stereocenters. The van der Waals surface area contributed by atoms with Crippen LogP contribution in [0.5, 0.6) is 5.75 Å². The van der Waals surface area contributed by atoms with Gasteiger partial charge in [0, 0.05) is 56.1 Å². The number of nitrogens with zero attached hydrogens (tertiary/aromatic N) is 5. The molecule has 3 aromatic heterocycles. The van der Waals surface area contributed by atoms with E-state index in [-0.39, 0.29) is 12.5 Å². The number of aliphatic hydroxyl groups excluding tert-OH is 1. The largest absolute Gasteiger partial charge is 0.491 e. The zero-order chi connectivity index (χ0) is 31.9. The molecule has 2 N–H and O–H groups in total. The smallest absolute Gasteiger partial charge is 0.262 e. The maximum atomic E-state index is 13.9. The lowest BCUT2D eigenvalue weighted by molar-refractivity contribution is 0.0989. The van der Waals surface area contributed by atoms with E-state index in [1.54, 1.807) is 11.1 Å². The summed E-state index contributed by atoms with van der Waals surface area (Å²) in [5.74, 6) is 1.11. The Balaban J connectivity index is 1.08. The van der Waals surface area contributed by atoms with Gasteiger partial charge in [-0.2, -0.15) is 0 Å². The van der Waals surface area contributed by atoms with Crippen molar-refractivity contribution >= 4 is 22.6 Å². The number of likely N-dealkylation sites (N-methyl/N-ethyl adjacent to an activating group) is 1. The topological polar surface area (TPSA) is 97.8 Å². The first-order valence-electron chi connectivity index (χ1n) is 16.8. The van der Waals surface area contributed by atoms with Crippen molar-refractivity contribution < 1.29 is 14.6 Å². The molecule has 0 unspecified atom stereocenters. The van der Waals surface area contributed by atoms with Crippen molar-refractivity contribution in [1.82, 2.24) is 24.8 Å². The van der Waals surface area contributed by atoms with Crippen LogP contribution in [0.2, 0.25) is 0 Å². The summed E-state index contributed by atoms with van der Waals surface area (Å²) in [6.45, 7) is 9.18. The van der Waals surface area contributed by atoms with Crippen LogP contribution in [0, 0.1) is 0 Å². The predicted octanol–water partition coefficient (Wildman–Crippen LogP) is 5.84. The molecule has 1 saturated carbocycles. The van der Waals surface area contributed by atoms with E-state index >= 15 is 0 Å². The lowest BCUT2D eigenvalue weighted by Crippen LogP contribution is -2.45. The molecular formula is C38H40N6O3. The van der Waals surface area contributed by atoms with Crippen LogP contribution >= 0.6 is 0 Å². The maximum Gasteiger partial charge on any atom is 0.262 e. The normalized spacial score (nSPS) is 17.5. The van der Waals surface area contributed by atoms with Gasteiger partial charge >= 0.3 is 0 Å². The number of pyridine rings is 2. The van der Waals surface area contributed by atoms with Crippen LogP contribution in [0.1, 0.15) is 52.7 Å². The van der Waals surface area contributed by atoms with Crippen molar-refractivity contribution in [2.45, 2.75) is 38.8 Å². The number of hydrogen-bond donors (Lipinski definition) is 2. The van der Waals surface area contributed by atoms with Crippen LogP contribution in [0.3, 0.4) is 0 Å². The summed E-state index contributed by atoms with van der Waals surface area (Å²) in [6.07, 6.45) is 6.13. The number of carbonyl (C=O) groups excluding carboxylic acids is 1. The molecule has 2 aliphatic heterocycles. The average molecular weight is 629 g/mol. The third kappa shape index (κ3) is 5.79. The summed E-state index contributed by atoms with van der Waals surface area (Å²) >= 11 is 0. The number of benzene rings is 2. The minimum absolute atomic E-state index is 0.117. The molecule has 0 bridgehead atoms. The molecular weight excluding hydrogens is 588 g/mol. The van der Waals surface area contributed by atoms with Gasteiger partial charge in [-0.25, -0.2) is 4.98 Å². The Morgan fingerprint density at radius 1 is 0.915 bits per heavy atom. The molecule has 1 aliphatic carbocycles. The fourth-order valence-corrected chi connectivity index (χ4v) is 7.07. The van der Waals surface area contributed by atoms with Crippen LogP contribution in [-0.2, 0) is 13.2 Å². The van der Waals surface area contributed by atoms with Crippen molar-refractivity contribution in [2.75, 3.05) is 50.8 Å². The molecule has 0 radical (unpaired) electrons. The summed E-state index contributed by atoms with van der Waals surface area (Å²) in [5.41, 5.74) is 8.64. The zero-order valence-corrected chi connectivity index (χ0v) is 26.8. The van der Waals surface area contributed by atoms with Gasteiger partial charge in [-0.05, 0) is 84.0 Å². The molecule has 47 heavy (non-hydrogen) atoms. The molecule has 240 valence electrons. The van der Waals surface area contributed by atoms with Crippen molar-refractivity contribution in [3.05, 3.63) is 95.3 Å². The highest BCUT2D eigenvalue weighted by Gasteiger charge is 2.30. The van der Waals surface area contributed by atoms with E-state index < -0.39 is 0 Å². The minimum Gasteiger partial charge on any atom is -0.491 e. The van der Waals surface area contributed by atoms with Gasteiger partial charge in [-0.1, -0.05) is 31.2 Å². The lowest BCUT2D eigenvalue weighted by Gasteiger charge is -2.33. The molecule has 1 amide bonds. The second kappa shape index (κ2) is 12.6. The highest BCUT2D eigenvalue weighted by atomic mass is 16.5. The standard InChI is InChI=1S/C38H40N6O3/c1-2-42-14-16-43(17-15-42)23-25-6-11-33(40-22-25)34-21-31-29(12-13-39-37(31)41-34)28-4-3-5-35(32(28)24-45)44-18-19-47-36-20-27(26-7-8-26)9-10-30(36)38(44)46/h3-6,9-13,20-22,26,45H,2,7-8,14-19,23-24H2,1H3,(H,39,41). The Hall–Kier alpha value is -4.57. The van der Waals surface area contributed by atoms with Gasteiger partial charge in [0.25, 0.3) is 5.91 Å². The minimum atomic E-state index is -0.221. The van der Waals surface area contributed by atoms with Gasteiger partial charge in [0.05, 0.1) is 35.8 Å². The Kier molecular flexibility index (Phi) is 7.97. The van der Waals surface area contributed by atoms with Crippen molar-refractivity contribution in [3.63, 3.8) is 0 Å². The molecule has 8 rings (SSSR count). The number of amides is 1. The van der Waals surface area contributed by atoms with E-state index in [9.17, 15) is 9.90 Å². The SMILES string of the molecule is CCN1CCN(Cc2ccc(-c3cc4c(-c5cccc(N6CCOc7cc(C8CC8)ccc7C6=O)c5CO)ccnc4[nH]3)nc2)CC1. The summed E-state index contributed by atoms with van der Waals surface area (Å²) in [4.78, 5) is 33.5.